The Labute approximate surface area is 116 Å². The molecule has 1 atom stereocenters. The van der Waals surface area contributed by atoms with Crippen molar-refractivity contribution in [2.24, 2.45) is 0 Å². The predicted molar refractivity (Wildman–Crippen MR) is 75.2 cm³/mol. The summed E-state index contributed by atoms with van der Waals surface area (Å²) < 4.78 is 0. The zero-order valence-electron chi connectivity index (χ0n) is 10.9. The molecule has 0 bridgehead atoms. The first-order chi connectivity index (χ1) is 9.72. The molecule has 20 heavy (non-hydrogen) atoms. The number of amides is 1. The molecule has 1 N–H and O–H groups in total. The monoisotopic (exact) mass is 269 g/mol. The molecule has 4 heteroatoms. The second-order valence-electron chi connectivity index (χ2n) is 5.09. The number of carboxylic acids is 1. The van der Waals surface area contributed by atoms with Crippen LogP contribution >= 0.6 is 0 Å². The summed E-state index contributed by atoms with van der Waals surface area (Å²) in [5.74, 6) is -0.986. The van der Waals surface area contributed by atoms with Gasteiger partial charge in [0, 0.05) is 6.04 Å². The molecular weight excluding hydrogens is 254 g/mol. The zero-order valence-corrected chi connectivity index (χ0v) is 10.9. The number of carbonyl (C=O) groups excluding carboxylic acids is 1. The summed E-state index contributed by atoms with van der Waals surface area (Å²) in [5.41, 5.74) is 0.676. The van der Waals surface area contributed by atoms with E-state index in [1.165, 1.54) is 4.90 Å². The minimum absolute atomic E-state index is 0.0626. The molecule has 3 rings (SSSR count). The van der Waals surface area contributed by atoms with Crippen LogP contribution in [-0.4, -0.2) is 28.4 Å². The molecule has 2 aromatic carbocycles. The molecule has 0 saturated heterocycles. The number of hydrogen-bond donors (Lipinski definition) is 1. The van der Waals surface area contributed by atoms with Crippen LogP contribution < -0.4 is 0 Å². The number of benzene rings is 2. The van der Waals surface area contributed by atoms with Crippen molar-refractivity contribution in [2.75, 3.05) is 0 Å². The normalized spacial score (nSPS) is 15.8. The average molecular weight is 269 g/mol. The number of carbonyl (C=O) groups is 2. The first-order valence-electron chi connectivity index (χ1n) is 6.65. The summed E-state index contributed by atoms with van der Waals surface area (Å²) in [5, 5.41) is 11.4. The Morgan fingerprint density at radius 2 is 1.90 bits per heavy atom. The lowest BCUT2D eigenvalue weighted by molar-refractivity contribution is -0.147. The van der Waals surface area contributed by atoms with Crippen LogP contribution in [0.1, 0.15) is 24.4 Å². The minimum Gasteiger partial charge on any atom is -0.479 e. The molecule has 1 amide bonds. The second kappa shape index (κ2) is 4.96. The van der Waals surface area contributed by atoms with Crippen molar-refractivity contribution in [3.05, 3.63) is 48.0 Å². The third-order valence-corrected chi connectivity index (χ3v) is 3.74. The summed E-state index contributed by atoms with van der Waals surface area (Å²) in [6.45, 7) is 0. The highest BCUT2D eigenvalue weighted by Crippen LogP contribution is 2.35. The molecule has 0 spiro atoms. The van der Waals surface area contributed by atoms with Gasteiger partial charge in [0.2, 0.25) is 6.41 Å². The number of fused-ring (bicyclic) bond motifs is 1. The number of aliphatic carboxylic acids is 1. The molecule has 1 aliphatic rings. The van der Waals surface area contributed by atoms with Crippen LogP contribution in [0.15, 0.2) is 42.5 Å². The van der Waals surface area contributed by atoms with E-state index >= 15 is 0 Å². The van der Waals surface area contributed by atoms with Crippen LogP contribution in [0, 0.1) is 0 Å². The van der Waals surface area contributed by atoms with Crippen LogP contribution in [0.5, 0.6) is 0 Å². The van der Waals surface area contributed by atoms with Crippen LogP contribution in [0.4, 0.5) is 0 Å². The molecule has 0 heterocycles. The van der Waals surface area contributed by atoms with Gasteiger partial charge in [-0.2, -0.15) is 0 Å². The van der Waals surface area contributed by atoms with Crippen molar-refractivity contribution in [2.45, 2.75) is 24.9 Å². The maximum Gasteiger partial charge on any atom is 0.331 e. The van der Waals surface area contributed by atoms with Crippen molar-refractivity contribution in [1.82, 2.24) is 4.90 Å². The molecule has 0 aliphatic heterocycles. The lowest BCUT2D eigenvalue weighted by atomic mass is 9.98. The van der Waals surface area contributed by atoms with Gasteiger partial charge in [-0.15, -0.1) is 0 Å². The predicted octanol–water partition coefficient (Wildman–Crippen LogP) is 2.59. The van der Waals surface area contributed by atoms with E-state index in [0.29, 0.717) is 12.0 Å². The van der Waals surface area contributed by atoms with Gasteiger partial charge < -0.3 is 10.0 Å². The van der Waals surface area contributed by atoms with Crippen LogP contribution in [0.3, 0.4) is 0 Å². The van der Waals surface area contributed by atoms with E-state index in [4.69, 9.17) is 0 Å². The van der Waals surface area contributed by atoms with Gasteiger partial charge >= 0.3 is 5.97 Å². The van der Waals surface area contributed by atoms with E-state index < -0.39 is 12.0 Å². The van der Waals surface area contributed by atoms with Crippen molar-refractivity contribution < 1.29 is 14.7 Å². The van der Waals surface area contributed by atoms with Gasteiger partial charge in [0.25, 0.3) is 0 Å². The Morgan fingerprint density at radius 1 is 1.20 bits per heavy atom. The number of rotatable bonds is 5. The minimum atomic E-state index is -0.986. The van der Waals surface area contributed by atoms with E-state index in [0.717, 1.165) is 23.6 Å². The van der Waals surface area contributed by atoms with E-state index in [9.17, 15) is 14.7 Å². The van der Waals surface area contributed by atoms with Crippen molar-refractivity contribution in [3.63, 3.8) is 0 Å². The number of nitrogens with zero attached hydrogens (tertiary/aromatic N) is 1. The number of carboxylic acid groups (broad SMARTS) is 1. The summed E-state index contributed by atoms with van der Waals surface area (Å²) >= 11 is 0. The Hall–Kier alpha value is -2.36. The summed E-state index contributed by atoms with van der Waals surface area (Å²) in [6, 6.07) is 12.4. The molecule has 2 aromatic rings. The molecule has 4 nitrogen and oxygen atoms in total. The van der Waals surface area contributed by atoms with E-state index in [1.807, 2.05) is 36.4 Å². The van der Waals surface area contributed by atoms with Crippen LogP contribution in [0.25, 0.3) is 10.8 Å². The van der Waals surface area contributed by atoms with Gasteiger partial charge in [0.15, 0.2) is 6.04 Å². The Balaban J connectivity index is 2.14. The summed E-state index contributed by atoms with van der Waals surface area (Å²) in [6.07, 6.45) is 2.43. The maximum atomic E-state index is 11.7. The van der Waals surface area contributed by atoms with Gasteiger partial charge in [0.05, 0.1) is 0 Å². The SMILES string of the molecule is O=CN(C1CC1)C(C(=O)O)c1cccc2ccccc12. The van der Waals surface area contributed by atoms with Crippen molar-refractivity contribution >= 4 is 23.2 Å². The first kappa shape index (κ1) is 12.7. The fourth-order valence-electron chi connectivity index (χ4n) is 2.64. The molecular formula is C16H15NO3. The standard InChI is InChI=1S/C16H15NO3/c18-10-17(12-8-9-12)15(16(19)20)14-7-3-5-11-4-1-2-6-13(11)14/h1-7,10,12,15H,8-9H2,(H,19,20). The van der Waals surface area contributed by atoms with Crippen LogP contribution in [0.2, 0.25) is 0 Å². The molecule has 0 radical (unpaired) electrons. The van der Waals surface area contributed by atoms with Crippen molar-refractivity contribution in [3.8, 4) is 0 Å². The quantitative estimate of drug-likeness (QED) is 0.849. The molecule has 102 valence electrons. The second-order valence-corrected chi connectivity index (χ2v) is 5.09. The fourth-order valence-corrected chi connectivity index (χ4v) is 2.64. The van der Waals surface area contributed by atoms with E-state index in [1.54, 1.807) is 6.07 Å². The van der Waals surface area contributed by atoms with Gasteiger partial charge in [-0.3, -0.25) is 4.79 Å². The third-order valence-electron chi connectivity index (χ3n) is 3.74. The lowest BCUT2D eigenvalue weighted by Crippen LogP contribution is -2.34. The van der Waals surface area contributed by atoms with Gasteiger partial charge in [-0.1, -0.05) is 42.5 Å². The highest BCUT2D eigenvalue weighted by Gasteiger charge is 2.37. The Morgan fingerprint density at radius 3 is 2.55 bits per heavy atom. The smallest absolute Gasteiger partial charge is 0.331 e. The van der Waals surface area contributed by atoms with Gasteiger partial charge in [-0.05, 0) is 29.2 Å². The molecule has 1 unspecified atom stereocenters. The highest BCUT2D eigenvalue weighted by molar-refractivity contribution is 5.91. The summed E-state index contributed by atoms with van der Waals surface area (Å²) in [7, 11) is 0. The lowest BCUT2D eigenvalue weighted by Gasteiger charge is -2.26. The van der Waals surface area contributed by atoms with Gasteiger partial charge in [-0.25, -0.2) is 4.79 Å². The maximum absolute atomic E-state index is 11.7. The molecule has 1 fully saturated rings. The zero-order chi connectivity index (χ0) is 14.1. The summed E-state index contributed by atoms with van der Waals surface area (Å²) in [4.78, 5) is 24.4. The van der Waals surface area contributed by atoms with Crippen LogP contribution in [-0.2, 0) is 9.59 Å². The molecule has 1 saturated carbocycles. The fraction of sp³-hybridized carbons (Fsp3) is 0.250. The average Bonchev–Trinajstić information content (AvgIpc) is 3.28. The number of hydrogen-bond acceptors (Lipinski definition) is 2. The Kier molecular flexibility index (Phi) is 3.14. The molecule has 1 aliphatic carbocycles. The highest BCUT2D eigenvalue weighted by atomic mass is 16.4. The Bertz CT molecular complexity index is 658. The topological polar surface area (TPSA) is 57.6 Å². The largest absolute Gasteiger partial charge is 0.479 e. The third kappa shape index (κ3) is 2.13. The van der Waals surface area contributed by atoms with Gasteiger partial charge in [0.1, 0.15) is 0 Å². The van der Waals surface area contributed by atoms with E-state index in [2.05, 4.69) is 0 Å². The van der Waals surface area contributed by atoms with E-state index in [-0.39, 0.29) is 6.04 Å². The van der Waals surface area contributed by atoms with Crippen molar-refractivity contribution in [1.29, 1.82) is 0 Å². The molecule has 0 aromatic heterocycles. The first-order valence-corrected chi connectivity index (χ1v) is 6.65.